The molecule has 1 atom stereocenters. The Morgan fingerprint density at radius 1 is 1.16 bits per heavy atom. The summed E-state index contributed by atoms with van der Waals surface area (Å²) in [5, 5.41) is 24.1. The molecule has 2 N–H and O–H groups in total. The van der Waals surface area contributed by atoms with Crippen molar-refractivity contribution in [3.63, 3.8) is 0 Å². The number of hydrogen-bond donors (Lipinski definition) is 2. The van der Waals surface area contributed by atoms with Crippen molar-refractivity contribution in [3.05, 3.63) is 52.5 Å². The molecule has 9 heteroatoms. The maximum Gasteiger partial charge on any atom is 0.335 e. The van der Waals surface area contributed by atoms with E-state index in [2.05, 4.69) is 10.1 Å². The molecule has 31 heavy (non-hydrogen) atoms. The number of carboxylic acids is 2. The van der Waals surface area contributed by atoms with Crippen LogP contribution < -0.4 is 0 Å². The van der Waals surface area contributed by atoms with E-state index in [4.69, 9.17) is 4.52 Å². The number of aromatic carboxylic acids is 1. The minimum absolute atomic E-state index is 0.147. The Bertz CT molecular complexity index is 1120. The van der Waals surface area contributed by atoms with E-state index in [9.17, 15) is 19.8 Å². The molecule has 0 bridgehead atoms. The second-order valence-corrected chi connectivity index (χ2v) is 8.09. The van der Waals surface area contributed by atoms with Crippen LogP contribution in [-0.4, -0.2) is 67.9 Å². The smallest absolute Gasteiger partial charge is 0.335 e. The molecule has 3 aromatic rings. The molecule has 4 rings (SSSR count). The van der Waals surface area contributed by atoms with E-state index < -0.39 is 18.0 Å². The van der Waals surface area contributed by atoms with E-state index in [-0.39, 0.29) is 5.56 Å². The number of carbonyl (C=O) groups is 2. The summed E-state index contributed by atoms with van der Waals surface area (Å²) in [7, 11) is 1.84. The molecule has 0 aliphatic carbocycles. The standard InChI is InChI=1S/C22H26N4O5/c1-13-17(14(2)31-23-13)12-25-6-8-26(9-7-25)20(22(29)30)18-11-24(3)19-5-4-15(21(27)28)10-16(18)19/h4-5,10-11,20H,6-9,12H2,1-3H3,(H,27,28)(H,29,30)/t20-/m0/s1. The molecule has 0 saturated carbocycles. The van der Waals surface area contributed by atoms with Gasteiger partial charge in [0.05, 0.1) is 11.3 Å². The second kappa shape index (κ2) is 8.16. The van der Waals surface area contributed by atoms with Gasteiger partial charge in [0.25, 0.3) is 0 Å². The minimum Gasteiger partial charge on any atom is -0.480 e. The summed E-state index contributed by atoms with van der Waals surface area (Å²) in [6.07, 6.45) is 1.80. The van der Waals surface area contributed by atoms with E-state index in [1.54, 1.807) is 18.3 Å². The van der Waals surface area contributed by atoms with Crippen molar-refractivity contribution in [3.8, 4) is 0 Å². The van der Waals surface area contributed by atoms with Crippen LogP contribution in [0.15, 0.2) is 28.9 Å². The van der Waals surface area contributed by atoms with Crippen molar-refractivity contribution < 1.29 is 24.3 Å². The third-order valence-electron chi connectivity index (χ3n) is 6.13. The zero-order valence-corrected chi connectivity index (χ0v) is 17.8. The predicted molar refractivity (Wildman–Crippen MR) is 113 cm³/mol. The highest BCUT2D eigenvalue weighted by Gasteiger charge is 2.33. The number of aliphatic carboxylic acids is 1. The Balaban J connectivity index is 1.57. The molecule has 0 unspecified atom stereocenters. The fraction of sp³-hybridized carbons (Fsp3) is 0.409. The van der Waals surface area contributed by atoms with Crippen LogP contribution in [0.5, 0.6) is 0 Å². The lowest BCUT2D eigenvalue weighted by Gasteiger charge is -2.37. The highest BCUT2D eigenvalue weighted by Crippen LogP contribution is 2.32. The summed E-state index contributed by atoms with van der Waals surface area (Å²) < 4.78 is 7.09. The first-order valence-corrected chi connectivity index (χ1v) is 10.2. The van der Waals surface area contributed by atoms with E-state index in [0.29, 0.717) is 24.0 Å². The first kappa shape index (κ1) is 21.1. The number of benzene rings is 1. The van der Waals surface area contributed by atoms with Gasteiger partial charge in [-0.05, 0) is 32.0 Å². The van der Waals surface area contributed by atoms with E-state index >= 15 is 0 Å². The van der Waals surface area contributed by atoms with Gasteiger partial charge in [0.2, 0.25) is 0 Å². The Morgan fingerprint density at radius 3 is 2.45 bits per heavy atom. The topological polar surface area (TPSA) is 112 Å². The summed E-state index contributed by atoms with van der Waals surface area (Å²) in [5.74, 6) is -1.16. The lowest BCUT2D eigenvalue weighted by Crippen LogP contribution is -2.48. The zero-order chi connectivity index (χ0) is 22.3. The molecule has 1 aromatic carbocycles. The molecule has 9 nitrogen and oxygen atoms in total. The Morgan fingerprint density at radius 2 is 1.87 bits per heavy atom. The largest absolute Gasteiger partial charge is 0.480 e. The van der Waals surface area contributed by atoms with Gasteiger partial charge in [0.1, 0.15) is 11.8 Å². The van der Waals surface area contributed by atoms with Crippen LogP contribution in [0.1, 0.15) is 39.0 Å². The van der Waals surface area contributed by atoms with Gasteiger partial charge >= 0.3 is 11.9 Å². The normalized spacial score (nSPS) is 16.6. The number of aryl methyl sites for hydroxylation is 3. The predicted octanol–water partition coefficient (Wildman–Crippen LogP) is 2.42. The van der Waals surface area contributed by atoms with Crippen LogP contribution in [0.4, 0.5) is 0 Å². The number of hydrogen-bond acceptors (Lipinski definition) is 6. The molecule has 1 aliphatic heterocycles. The van der Waals surface area contributed by atoms with Gasteiger partial charge in [-0.2, -0.15) is 0 Å². The van der Waals surface area contributed by atoms with Gasteiger partial charge in [-0.25, -0.2) is 4.79 Å². The van der Waals surface area contributed by atoms with Gasteiger partial charge in [-0.15, -0.1) is 0 Å². The van der Waals surface area contributed by atoms with Crippen molar-refractivity contribution in [1.82, 2.24) is 19.5 Å². The van der Waals surface area contributed by atoms with E-state index in [0.717, 1.165) is 42.2 Å². The first-order valence-electron chi connectivity index (χ1n) is 10.2. The fourth-order valence-electron chi connectivity index (χ4n) is 4.39. The number of rotatable bonds is 6. The third-order valence-corrected chi connectivity index (χ3v) is 6.13. The summed E-state index contributed by atoms with van der Waals surface area (Å²) in [6, 6.07) is 3.99. The van der Waals surface area contributed by atoms with E-state index in [1.165, 1.54) is 6.07 Å². The molecular weight excluding hydrogens is 400 g/mol. The van der Waals surface area contributed by atoms with Crippen molar-refractivity contribution in [2.75, 3.05) is 26.2 Å². The quantitative estimate of drug-likeness (QED) is 0.618. The van der Waals surface area contributed by atoms with Gasteiger partial charge < -0.3 is 19.3 Å². The summed E-state index contributed by atoms with van der Waals surface area (Å²) in [6.45, 7) is 7.18. The average molecular weight is 426 g/mol. The Kier molecular flexibility index (Phi) is 5.55. The first-order chi connectivity index (χ1) is 14.8. The van der Waals surface area contributed by atoms with Crippen molar-refractivity contribution in [1.29, 1.82) is 0 Å². The lowest BCUT2D eigenvalue weighted by atomic mass is 10.0. The molecule has 1 saturated heterocycles. The number of piperazine rings is 1. The highest BCUT2D eigenvalue weighted by atomic mass is 16.5. The SMILES string of the molecule is Cc1noc(C)c1CN1CCN([C@H](C(=O)O)c2cn(C)c3ccc(C(=O)O)cc23)CC1. The molecule has 0 spiro atoms. The maximum atomic E-state index is 12.3. The number of nitrogens with zero attached hydrogens (tertiary/aromatic N) is 4. The molecule has 0 amide bonds. The molecule has 2 aromatic heterocycles. The van der Waals surface area contributed by atoms with Gasteiger partial charge in [0, 0.05) is 68.0 Å². The van der Waals surface area contributed by atoms with Crippen LogP contribution in [0.25, 0.3) is 10.9 Å². The minimum atomic E-state index is -1.03. The number of carboxylic acid groups (broad SMARTS) is 2. The van der Waals surface area contributed by atoms with Crippen LogP contribution in [-0.2, 0) is 18.4 Å². The summed E-state index contributed by atoms with van der Waals surface area (Å²) >= 11 is 0. The molecule has 1 fully saturated rings. The fourth-order valence-corrected chi connectivity index (χ4v) is 4.39. The maximum absolute atomic E-state index is 12.3. The number of aromatic nitrogens is 2. The van der Waals surface area contributed by atoms with Gasteiger partial charge in [-0.3, -0.25) is 14.6 Å². The average Bonchev–Trinajstić information content (AvgIpc) is 3.22. The van der Waals surface area contributed by atoms with Crippen molar-refractivity contribution in [2.45, 2.75) is 26.4 Å². The van der Waals surface area contributed by atoms with Crippen molar-refractivity contribution >= 4 is 22.8 Å². The van der Waals surface area contributed by atoms with Crippen LogP contribution >= 0.6 is 0 Å². The Hall–Kier alpha value is -3.17. The van der Waals surface area contributed by atoms with E-state index in [1.807, 2.05) is 30.4 Å². The molecular formula is C22H26N4O5. The molecule has 0 radical (unpaired) electrons. The zero-order valence-electron chi connectivity index (χ0n) is 17.8. The summed E-state index contributed by atoms with van der Waals surface area (Å²) in [4.78, 5) is 28.0. The molecule has 3 heterocycles. The van der Waals surface area contributed by atoms with Crippen molar-refractivity contribution in [2.24, 2.45) is 7.05 Å². The van der Waals surface area contributed by atoms with Crippen LogP contribution in [0.2, 0.25) is 0 Å². The lowest BCUT2D eigenvalue weighted by molar-refractivity contribution is -0.144. The van der Waals surface area contributed by atoms with Gasteiger partial charge in [-0.1, -0.05) is 5.16 Å². The monoisotopic (exact) mass is 426 g/mol. The van der Waals surface area contributed by atoms with Gasteiger partial charge in [0.15, 0.2) is 0 Å². The van der Waals surface area contributed by atoms with Crippen LogP contribution in [0, 0.1) is 13.8 Å². The second-order valence-electron chi connectivity index (χ2n) is 8.09. The third kappa shape index (κ3) is 3.94. The van der Waals surface area contributed by atoms with Crippen LogP contribution in [0.3, 0.4) is 0 Å². The summed E-state index contributed by atoms with van der Waals surface area (Å²) in [5.41, 5.74) is 3.54. The molecule has 1 aliphatic rings. The Labute approximate surface area is 179 Å². The highest BCUT2D eigenvalue weighted by molar-refractivity contribution is 5.96. The molecule has 164 valence electrons. The number of fused-ring (bicyclic) bond motifs is 1.